The standard InChI is InChI=1S/C12H9BBr/c14-12-8-6-11(7-9-12)13-10-4-2-1-3-5-10/h1-9H. The van der Waals surface area contributed by atoms with E-state index in [2.05, 4.69) is 59.6 Å². The maximum atomic E-state index is 3.42. The molecule has 0 bridgehead atoms. The fourth-order valence-corrected chi connectivity index (χ4v) is 1.57. The van der Waals surface area contributed by atoms with Gasteiger partial charge in [0.15, 0.2) is 7.28 Å². The van der Waals surface area contributed by atoms with E-state index in [-0.39, 0.29) is 0 Å². The largest absolute Gasteiger partial charge is 0.191 e. The van der Waals surface area contributed by atoms with Crippen LogP contribution in [-0.4, -0.2) is 7.28 Å². The molecule has 0 spiro atoms. The van der Waals surface area contributed by atoms with Crippen molar-refractivity contribution in [1.82, 2.24) is 0 Å². The maximum absolute atomic E-state index is 3.42. The van der Waals surface area contributed by atoms with Gasteiger partial charge in [-0.25, -0.2) is 0 Å². The van der Waals surface area contributed by atoms with E-state index in [4.69, 9.17) is 0 Å². The van der Waals surface area contributed by atoms with Crippen LogP contribution in [0, 0.1) is 0 Å². The van der Waals surface area contributed by atoms with Crippen LogP contribution in [0.15, 0.2) is 59.1 Å². The molecular weight excluding hydrogens is 235 g/mol. The first kappa shape index (κ1) is 9.54. The summed E-state index contributed by atoms with van der Waals surface area (Å²) in [6, 6.07) is 18.6. The van der Waals surface area contributed by atoms with Gasteiger partial charge in [0.25, 0.3) is 0 Å². The molecule has 14 heavy (non-hydrogen) atoms. The van der Waals surface area contributed by atoms with Crippen LogP contribution >= 0.6 is 15.9 Å². The van der Waals surface area contributed by atoms with Gasteiger partial charge < -0.3 is 0 Å². The average molecular weight is 244 g/mol. The fourth-order valence-electron chi connectivity index (χ4n) is 1.30. The molecule has 0 aromatic heterocycles. The summed E-state index contributed by atoms with van der Waals surface area (Å²) in [4.78, 5) is 0. The molecule has 0 aliphatic rings. The number of benzene rings is 2. The zero-order chi connectivity index (χ0) is 9.80. The van der Waals surface area contributed by atoms with Crippen molar-refractivity contribution in [2.24, 2.45) is 0 Å². The Labute approximate surface area is 93.3 Å². The van der Waals surface area contributed by atoms with Crippen molar-refractivity contribution in [1.29, 1.82) is 0 Å². The lowest BCUT2D eigenvalue weighted by Gasteiger charge is -1.99. The molecule has 0 saturated carbocycles. The number of hydrogen-bond acceptors (Lipinski definition) is 0. The van der Waals surface area contributed by atoms with Gasteiger partial charge in [-0.3, -0.25) is 0 Å². The molecule has 1 radical (unpaired) electrons. The summed E-state index contributed by atoms with van der Waals surface area (Å²) >= 11 is 3.42. The van der Waals surface area contributed by atoms with Gasteiger partial charge in [0.2, 0.25) is 0 Å². The van der Waals surface area contributed by atoms with Crippen LogP contribution in [0.2, 0.25) is 0 Å². The van der Waals surface area contributed by atoms with Crippen LogP contribution < -0.4 is 10.9 Å². The zero-order valence-electron chi connectivity index (χ0n) is 7.65. The summed E-state index contributed by atoms with van der Waals surface area (Å²) in [6.45, 7) is 0. The maximum Gasteiger partial charge on any atom is 0.191 e. The molecule has 0 aliphatic heterocycles. The van der Waals surface area contributed by atoms with Crippen LogP contribution in [-0.2, 0) is 0 Å². The number of hydrogen-bond donors (Lipinski definition) is 0. The van der Waals surface area contributed by atoms with Crippen molar-refractivity contribution in [2.45, 2.75) is 0 Å². The van der Waals surface area contributed by atoms with E-state index in [0.29, 0.717) is 0 Å². The molecule has 0 amide bonds. The van der Waals surface area contributed by atoms with Gasteiger partial charge in [0, 0.05) is 4.47 Å². The van der Waals surface area contributed by atoms with Crippen LogP contribution in [0.3, 0.4) is 0 Å². The highest BCUT2D eigenvalue weighted by molar-refractivity contribution is 9.10. The third-order valence-corrected chi connectivity index (χ3v) is 2.53. The second-order valence-corrected chi connectivity index (χ2v) is 4.02. The summed E-state index contributed by atoms with van der Waals surface area (Å²) in [6.07, 6.45) is 0. The predicted octanol–water partition coefficient (Wildman–Crippen LogP) is 2.10. The fraction of sp³-hybridized carbons (Fsp3) is 0. The molecule has 67 valence electrons. The molecule has 0 heterocycles. The first-order valence-corrected chi connectivity index (χ1v) is 5.29. The molecule has 0 unspecified atom stereocenters. The number of halogens is 1. The van der Waals surface area contributed by atoms with E-state index >= 15 is 0 Å². The van der Waals surface area contributed by atoms with Crippen molar-refractivity contribution >= 4 is 34.1 Å². The molecule has 0 saturated heterocycles. The molecule has 0 atom stereocenters. The van der Waals surface area contributed by atoms with Crippen molar-refractivity contribution in [3.05, 3.63) is 59.1 Å². The first-order valence-electron chi connectivity index (χ1n) is 4.50. The topological polar surface area (TPSA) is 0 Å². The quantitative estimate of drug-likeness (QED) is 0.709. The Morgan fingerprint density at radius 3 is 1.93 bits per heavy atom. The third-order valence-electron chi connectivity index (χ3n) is 2.00. The molecule has 2 rings (SSSR count). The summed E-state index contributed by atoms with van der Waals surface area (Å²) in [5, 5.41) is 0. The molecule has 2 heteroatoms. The predicted molar refractivity (Wildman–Crippen MR) is 65.6 cm³/mol. The van der Waals surface area contributed by atoms with E-state index in [9.17, 15) is 0 Å². The molecule has 2 aromatic carbocycles. The third kappa shape index (κ3) is 2.49. The summed E-state index contributed by atoms with van der Waals surface area (Å²) in [7, 11) is 2.16. The molecule has 0 fully saturated rings. The SMILES string of the molecule is Brc1ccc([B]c2ccccc2)cc1. The Morgan fingerprint density at radius 2 is 1.29 bits per heavy atom. The Balaban J connectivity index is 2.16. The minimum Gasteiger partial charge on any atom is -0.0814 e. The minimum absolute atomic E-state index is 1.11. The Hall–Kier alpha value is -1.02. The number of rotatable bonds is 2. The van der Waals surface area contributed by atoms with E-state index in [1.54, 1.807) is 0 Å². The van der Waals surface area contributed by atoms with Gasteiger partial charge in [-0.15, -0.1) is 0 Å². The lowest BCUT2D eigenvalue weighted by atomic mass is 9.64. The smallest absolute Gasteiger partial charge is 0.0814 e. The van der Waals surface area contributed by atoms with Crippen LogP contribution in [0.5, 0.6) is 0 Å². The highest BCUT2D eigenvalue weighted by Gasteiger charge is 1.97. The van der Waals surface area contributed by atoms with E-state index in [0.717, 1.165) is 4.47 Å². The van der Waals surface area contributed by atoms with Crippen LogP contribution in [0.25, 0.3) is 0 Å². The van der Waals surface area contributed by atoms with E-state index < -0.39 is 0 Å². The highest BCUT2D eigenvalue weighted by Crippen LogP contribution is 2.04. The average Bonchev–Trinajstić information content (AvgIpc) is 2.23. The second-order valence-electron chi connectivity index (χ2n) is 3.11. The summed E-state index contributed by atoms with van der Waals surface area (Å²) in [5.41, 5.74) is 2.45. The first-order chi connectivity index (χ1) is 6.84. The molecule has 2 aromatic rings. The van der Waals surface area contributed by atoms with Gasteiger partial charge in [0.05, 0.1) is 0 Å². The monoisotopic (exact) mass is 243 g/mol. The van der Waals surface area contributed by atoms with Crippen LogP contribution in [0.1, 0.15) is 0 Å². The van der Waals surface area contributed by atoms with Gasteiger partial charge >= 0.3 is 0 Å². The Bertz CT molecular complexity index is 394. The minimum atomic E-state index is 1.11. The van der Waals surface area contributed by atoms with Gasteiger partial charge in [-0.1, -0.05) is 69.3 Å². The molecule has 0 N–H and O–H groups in total. The molecule has 0 nitrogen and oxygen atoms in total. The van der Waals surface area contributed by atoms with E-state index in [1.165, 1.54) is 10.9 Å². The molecule has 0 aliphatic carbocycles. The summed E-state index contributed by atoms with van der Waals surface area (Å²) in [5.74, 6) is 0. The van der Waals surface area contributed by atoms with Gasteiger partial charge in [0.1, 0.15) is 0 Å². The lowest BCUT2D eigenvalue weighted by Crippen LogP contribution is -2.26. The molecular formula is C12H9BBr. The Morgan fingerprint density at radius 1 is 0.714 bits per heavy atom. The second kappa shape index (κ2) is 4.47. The van der Waals surface area contributed by atoms with Crippen molar-refractivity contribution < 1.29 is 0 Å². The lowest BCUT2D eigenvalue weighted by molar-refractivity contribution is 1.69. The van der Waals surface area contributed by atoms with Crippen molar-refractivity contribution in [2.75, 3.05) is 0 Å². The van der Waals surface area contributed by atoms with E-state index in [1.807, 2.05) is 18.2 Å². The van der Waals surface area contributed by atoms with Gasteiger partial charge in [-0.05, 0) is 12.1 Å². The normalized spacial score (nSPS) is 9.79. The van der Waals surface area contributed by atoms with Crippen molar-refractivity contribution in [3.63, 3.8) is 0 Å². The zero-order valence-corrected chi connectivity index (χ0v) is 9.24. The van der Waals surface area contributed by atoms with Gasteiger partial charge in [-0.2, -0.15) is 0 Å². The van der Waals surface area contributed by atoms with Crippen molar-refractivity contribution in [3.8, 4) is 0 Å². The Kier molecular flexibility index (Phi) is 3.05. The highest BCUT2D eigenvalue weighted by atomic mass is 79.9. The summed E-state index contributed by atoms with van der Waals surface area (Å²) < 4.78 is 1.11. The van der Waals surface area contributed by atoms with Crippen LogP contribution in [0.4, 0.5) is 0 Å².